The lowest BCUT2D eigenvalue weighted by atomic mass is 10.0. The molecule has 1 fully saturated rings. The summed E-state index contributed by atoms with van der Waals surface area (Å²) in [6.07, 6.45) is 9.37. The van der Waals surface area contributed by atoms with Crippen LogP contribution in [0.3, 0.4) is 0 Å². The van der Waals surface area contributed by atoms with Gasteiger partial charge in [-0.15, -0.1) is 24.0 Å². The number of rotatable bonds is 8. The molecule has 0 bridgehead atoms. The van der Waals surface area contributed by atoms with Crippen molar-refractivity contribution in [2.45, 2.75) is 56.4 Å². The number of hydrogen-bond acceptors (Lipinski definition) is 3. The zero-order chi connectivity index (χ0) is 18.1. The summed E-state index contributed by atoms with van der Waals surface area (Å²) in [6.45, 7) is 1.38. The maximum Gasteiger partial charge on any atom is 0.238 e. The highest BCUT2D eigenvalue weighted by Gasteiger charge is 2.13. The van der Waals surface area contributed by atoms with Gasteiger partial charge in [-0.3, -0.25) is 4.99 Å². The Morgan fingerprint density at radius 2 is 1.96 bits per heavy atom. The standard InChI is InChI=1S/C18H30N4O2S.HI/c1-20-18(21-12-5-4-9-15-7-2-3-8-15)22-14-16-10-6-11-17(13-16)25(19,23)24;/h6,10-11,13,15H,2-5,7-9,12,14H2,1H3,(H2,19,23,24)(H2,20,21,22);1H. The molecule has 0 heterocycles. The van der Waals surface area contributed by atoms with E-state index in [1.54, 1.807) is 19.2 Å². The van der Waals surface area contributed by atoms with Gasteiger partial charge in [0.25, 0.3) is 0 Å². The Hall–Kier alpha value is -0.870. The molecule has 0 spiro atoms. The Kier molecular flexibility index (Phi) is 10.5. The van der Waals surface area contributed by atoms with Crippen molar-refractivity contribution in [1.82, 2.24) is 10.6 Å². The number of nitrogens with two attached hydrogens (primary N) is 1. The summed E-state index contributed by atoms with van der Waals surface area (Å²) in [4.78, 5) is 4.33. The van der Waals surface area contributed by atoms with E-state index in [4.69, 9.17) is 5.14 Å². The lowest BCUT2D eigenvalue weighted by Gasteiger charge is -2.13. The molecular weight excluding hydrogens is 463 g/mol. The van der Waals surface area contributed by atoms with Crippen LogP contribution in [0.15, 0.2) is 34.2 Å². The van der Waals surface area contributed by atoms with Crippen molar-refractivity contribution in [2.75, 3.05) is 13.6 Å². The minimum atomic E-state index is -3.67. The summed E-state index contributed by atoms with van der Waals surface area (Å²) >= 11 is 0. The van der Waals surface area contributed by atoms with Gasteiger partial charge < -0.3 is 10.6 Å². The van der Waals surface area contributed by atoms with Gasteiger partial charge in [0.05, 0.1) is 4.90 Å². The zero-order valence-electron chi connectivity index (χ0n) is 15.4. The van der Waals surface area contributed by atoms with E-state index in [1.165, 1.54) is 44.6 Å². The third-order valence-corrected chi connectivity index (χ3v) is 5.63. The molecular formula is C18H31IN4O2S. The fraction of sp³-hybridized carbons (Fsp3) is 0.611. The molecule has 1 aliphatic carbocycles. The number of nitrogens with zero attached hydrogens (tertiary/aromatic N) is 1. The van der Waals surface area contributed by atoms with Crippen LogP contribution in [-0.4, -0.2) is 28.0 Å². The minimum Gasteiger partial charge on any atom is -0.356 e. The van der Waals surface area contributed by atoms with Crippen LogP contribution in [0.1, 0.15) is 50.5 Å². The molecule has 0 radical (unpaired) electrons. The maximum absolute atomic E-state index is 11.4. The largest absolute Gasteiger partial charge is 0.356 e. The number of aliphatic imine (C=N–C) groups is 1. The first kappa shape index (κ1) is 23.2. The summed E-state index contributed by atoms with van der Waals surface area (Å²) in [6, 6.07) is 6.62. The fourth-order valence-corrected chi connectivity index (χ4v) is 3.89. The third-order valence-electron chi connectivity index (χ3n) is 4.72. The molecule has 1 aromatic rings. The Labute approximate surface area is 174 Å². The number of sulfonamides is 1. The van der Waals surface area contributed by atoms with Gasteiger partial charge in [0.1, 0.15) is 0 Å². The molecule has 1 aromatic carbocycles. The van der Waals surface area contributed by atoms with E-state index in [0.29, 0.717) is 6.54 Å². The van der Waals surface area contributed by atoms with Crippen molar-refractivity contribution in [3.63, 3.8) is 0 Å². The average Bonchev–Trinajstić information content (AvgIpc) is 3.10. The first-order chi connectivity index (χ1) is 12.0. The number of primary sulfonamides is 1. The number of unbranched alkanes of at least 4 members (excludes halogenated alkanes) is 1. The van der Waals surface area contributed by atoms with Gasteiger partial charge in [-0.05, 0) is 30.0 Å². The van der Waals surface area contributed by atoms with Crippen LogP contribution < -0.4 is 15.8 Å². The number of hydrogen-bond donors (Lipinski definition) is 3. The van der Waals surface area contributed by atoms with E-state index >= 15 is 0 Å². The summed E-state index contributed by atoms with van der Waals surface area (Å²) in [7, 11) is -1.94. The highest BCUT2D eigenvalue weighted by molar-refractivity contribution is 14.0. The van der Waals surface area contributed by atoms with Crippen LogP contribution in [0, 0.1) is 5.92 Å². The second-order valence-electron chi connectivity index (χ2n) is 6.69. The molecule has 0 aliphatic heterocycles. The highest BCUT2D eigenvalue weighted by Crippen LogP contribution is 2.28. The lowest BCUT2D eigenvalue weighted by molar-refractivity contribution is 0.472. The van der Waals surface area contributed by atoms with Gasteiger partial charge in [0.2, 0.25) is 10.0 Å². The molecule has 8 heteroatoms. The van der Waals surface area contributed by atoms with Gasteiger partial charge in [0.15, 0.2) is 5.96 Å². The van der Waals surface area contributed by atoms with Gasteiger partial charge in [0, 0.05) is 20.1 Å². The van der Waals surface area contributed by atoms with Crippen LogP contribution in [0.4, 0.5) is 0 Å². The molecule has 4 N–H and O–H groups in total. The van der Waals surface area contributed by atoms with Crippen LogP contribution in [0.5, 0.6) is 0 Å². The van der Waals surface area contributed by atoms with E-state index in [9.17, 15) is 8.42 Å². The Bertz CT molecular complexity index is 674. The Morgan fingerprint density at radius 1 is 1.23 bits per heavy atom. The van der Waals surface area contributed by atoms with Crippen LogP contribution in [-0.2, 0) is 16.6 Å². The molecule has 1 saturated carbocycles. The summed E-state index contributed by atoms with van der Waals surface area (Å²) in [5.41, 5.74) is 0.843. The normalized spacial score (nSPS) is 15.5. The number of nitrogens with one attached hydrogen (secondary N) is 2. The predicted molar refractivity (Wildman–Crippen MR) is 117 cm³/mol. The van der Waals surface area contributed by atoms with E-state index in [0.717, 1.165) is 30.4 Å². The predicted octanol–water partition coefficient (Wildman–Crippen LogP) is 2.98. The smallest absolute Gasteiger partial charge is 0.238 e. The SMILES string of the molecule is CN=C(NCCCCC1CCCC1)NCc1cccc(S(N)(=O)=O)c1.I. The molecule has 0 aromatic heterocycles. The highest BCUT2D eigenvalue weighted by atomic mass is 127. The molecule has 0 saturated heterocycles. The molecule has 0 unspecified atom stereocenters. The van der Waals surface area contributed by atoms with Crippen molar-refractivity contribution >= 4 is 40.0 Å². The van der Waals surface area contributed by atoms with Crippen LogP contribution in [0.2, 0.25) is 0 Å². The third kappa shape index (κ3) is 8.22. The molecule has 26 heavy (non-hydrogen) atoms. The van der Waals surface area contributed by atoms with E-state index in [2.05, 4.69) is 15.6 Å². The van der Waals surface area contributed by atoms with Crippen molar-refractivity contribution in [1.29, 1.82) is 0 Å². The van der Waals surface area contributed by atoms with E-state index < -0.39 is 10.0 Å². The quantitative estimate of drug-likeness (QED) is 0.224. The van der Waals surface area contributed by atoms with Gasteiger partial charge in [-0.2, -0.15) is 0 Å². The maximum atomic E-state index is 11.4. The summed E-state index contributed by atoms with van der Waals surface area (Å²) in [5.74, 6) is 1.67. The molecule has 2 rings (SSSR count). The Balaban J connectivity index is 0.00000338. The fourth-order valence-electron chi connectivity index (χ4n) is 3.30. The van der Waals surface area contributed by atoms with Gasteiger partial charge in [-0.1, -0.05) is 50.7 Å². The van der Waals surface area contributed by atoms with E-state index in [-0.39, 0.29) is 28.9 Å². The van der Waals surface area contributed by atoms with Gasteiger partial charge >= 0.3 is 0 Å². The van der Waals surface area contributed by atoms with Gasteiger partial charge in [-0.25, -0.2) is 13.6 Å². The number of halogens is 1. The second-order valence-corrected chi connectivity index (χ2v) is 8.25. The molecule has 1 aliphatic rings. The minimum absolute atomic E-state index is 0. The monoisotopic (exact) mass is 494 g/mol. The summed E-state index contributed by atoms with van der Waals surface area (Å²) < 4.78 is 22.8. The van der Waals surface area contributed by atoms with Crippen molar-refractivity contribution in [3.8, 4) is 0 Å². The summed E-state index contributed by atoms with van der Waals surface area (Å²) in [5, 5.41) is 11.7. The van der Waals surface area contributed by atoms with E-state index in [1.807, 2.05) is 6.07 Å². The molecule has 0 amide bonds. The molecule has 6 nitrogen and oxygen atoms in total. The van der Waals surface area contributed by atoms with Crippen LogP contribution in [0.25, 0.3) is 0 Å². The first-order valence-electron chi connectivity index (χ1n) is 9.05. The number of benzene rings is 1. The molecule has 0 atom stereocenters. The lowest BCUT2D eigenvalue weighted by Crippen LogP contribution is -2.37. The Morgan fingerprint density at radius 3 is 2.62 bits per heavy atom. The second kappa shape index (κ2) is 11.8. The topological polar surface area (TPSA) is 96.6 Å². The zero-order valence-corrected chi connectivity index (χ0v) is 18.6. The van der Waals surface area contributed by atoms with Crippen molar-refractivity contribution in [2.24, 2.45) is 16.0 Å². The average molecular weight is 494 g/mol. The van der Waals surface area contributed by atoms with Crippen molar-refractivity contribution < 1.29 is 8.42 Å². The first-order valence-corrected chi connectivity index (χ1v) is 10.6. The van der Waals surface area contributed by atoms with Crippen LogP contribution >= 0.6 is 24.0 Å². The molecule has 148 valence electrons. The number of guanidine groups is 1. The van der Waals surface area contributed by atoms with Crippen molar-refractivity contribution in [3.05, 3.63) is 29.8 Å².